The van der Waals surface area contributed by atoms with Crippen LogP contribution < -0.4 is 25.6 Å². The number of hydrogen-bond acceptors (Lipinski definition) is 1. The molecular formula is C63H47N3Si. The Hall–Kier alpha value is -8.18. The summed E-state index contributed by atoms with van der Waals surface area (Å²) in [6, 6.07) is 93.0. The fourth-order valence-electron chi connectivity index (χ4n) is 11.7. The number of anilines is 3. The topological polar surface area (TPSA) is 13.1 Å². The number of aromatic nitrogens is 2. The average Bonchev–Trinajstić information content (AvgIpc) is 3.91. The lowest BCUT2D eigenvalue weighted by Crippen LogP contribution is -2.74. The van der Waals surface area contributed by atoms with Gasteiger partial charge in [0.05, 0.1) is 33.4 Å². The Bertz CT molecular complexity index is 3690. The van der Waals surface area contributed by atoms with Crippen molar-refractivity contribution in [3.05, 3.63) is 260 Å². The molecule has 3 nitrogen and oxygen atoms in total. The van der Waals surface area contributed by atoms with Crippen LogP contribution in [0, 0.1) is 0 Å². The molecule has 318 valence electrons. The summed E-state index contributed by atoms with van der Waals surface area (Å²) in [5.41, 5.74) is 13.0. The molecule has 3 heterocycles. The Balaban J connectivity index is 1.21. The molecule has 0 N–H and O–H groups in total. The normalized spacial score (nSPS) is 13.3. The minimum atomic E-state index is -3.05. The van der Waals surface area contributed by atoms with Crippen LogP contribution in [0.15, 0.2) is 249 Å². The van der Waals surface area contributed by atoms with Crippen molar-refractivity contribution in [2.75, 3.05) is 4.90 Å². The van der Waals surface area contributed by atoms with E-state index in [0.717, 1.165) is 17.1 Å². The van der Waals surface area contributed by atoms with Crippen molar-refractivity contribution in [2.24, 2.45) is 0 Å². The van der Waals surface area contributed by atoms with E-state index < -0.39 is 8.07 Å². The van der Waals surface area contributed by atoms with Crippen LogP contribution in [0.5, 0.6) is 0 Å². The molecule has 67 heavy (non-hydrogen) atoms. The van der Waals surface area contributed by atoms with Gasteiger partial charge in [0, 0.05) is 44.0 Å². The number of nitrogens with zero attached hydrogens (tertiary/aromatic N) is 3. The first-order valence-electron chi connectivity index (χ1n) is 23.4. The Labute approximate surface area is 392 Å². The SMILES string of the molecule is CC1(C)c2ccccc2N(c2cc(-n3c4ccccc4c4c3ccc3c5ccccc5n(-c5ccccc5)c34)cc([Si](c3ccccc3)(c3ccccc3)c3ccccc3)c2)c2ccccc21. The fourth-order valence-corrected chi connectivity index (χ4v) is 16.5. The second-order valence-electron chi connectivity index (χ2n) is 18.5. The van der Waals surface area contributed by atoms with Gasteiger partial charge in [-0.2, -0.15) is 0 Å². The third-order valence-corrected chi connectivity index (χ3v) is 19.3. The highest BCUT2D eigenvalue weighted by atomic mass is 28.3. The molecule has 0 fully saturated rings. The van der Waals surface area contributed by atoms with E-state index in [0.29, 0.717) is 0 Å². The van der Waals surface area contributed by atoms with E-state index in [1.54, 1.807) is 0 Å². The molecule has 2 aromatic heterocycles. The van der Waals surface area contributed by atoms with Gasteiger partial charge in [0.25, 0.3) is 0 Å². The van der Waals surface area contributed by atoms with Crippen LogP contribution in [0.4, 0.5) is 17.1 Å². The molecular weight excluding hydrogens is 827 g/mol. The number of hydrogen-bond donors (Lipinski definition) is 0. The third kappa shape index (κ3) is 5.76. The molecule has 0 saturated heterocycles. The molecule has 1 aliphatic rings. The maximum atomic E-state index is 2.55. The largest absolute Gasteiger partial charge is 0.310 e. The van der Waals surface area contributed by atoms with E-state index in [1.807, 2.05) is 0 Å². The van der Waals surface area contributed by atoms with Crippen molar-refractivity contribution in [3.8, 4) is 11.4 Å². The highest BCUT2D eigenvalue weighted by Crippen LogP contribution is 2.52. The van der Waals surface area contributed by atoms with E-state index in [-0.39, 0.29) is 5.41 Å². The molecule has 0 atom stereocenters. The summed E-state index contributed by atoms with van der Waals surface area (Å²) in [7, 11) is -3.05. The first-order valence-corrected chi connectivity index (χ1v) is 25.4. The van der Waals surface area contributed by atoms with Crippen molar-refractivity contribution in [2.45, 2.75) is 19.3 Å². The second kappa shape index (κ2) is 15.2. The minimum Gasteiger partial charge on any atom is -0.310 e. The second-order valence-corrected chi connectivity index (χ2v) is 22.3. The van der Waals surface area contributed by atoms with Crippen molar-refractivity contribution < 1.29 is 0 Å². The molecule has 0 amide bonds. The van der Waals surface area contributed by atoms with E-state index in [2.05, 4.69) is 277 Å². The van der Waals surface area contributed by atoms with Crippen LogP contribution in [0.1, 0.15) is 25.0 Å². The lowest BCUT2D eigenvalue weighted by Gasteiger charge is -2.42. The van der Waals surface area contributed by atoms with Crippen molar-refractivity contribution in [3.63, 3.8) is 0 Å². The van der Waals surface area contributed by atoms with E-state index in [4.69, 9.17) is 0 Å². The number of fused-ring (bicyclic) bond motifs is 9. The predicted molar refractivity (Wildman–Crippen MR) is 286 cm³/mol. The Morgan fingerprint density at radius 3 is 1.37 bits per heavy atom. The zero-order valence-electron chi connectivity index (χ0n) is 37.5. The molecule has 0 spiro atoms. The average molecular weight is 874 g/mol. The molecule has 0 aliphatic carbocycles. The number of para-hydroxylation sites is 5. The monoisotopic (exact) mass is 873 g/mol. The van der Waals surface area contributed by atoms with Crippen LogP contribution in [0.25, 0.3) is 55.0 Å². The van der Waals surface area contributed by atoms with Gasteiger partial charge in [0.2, 0.25) is 0 Å². The van der Waals surface area contributed by atoms with E-state index >= 15 is 0 Å². The summed E-state index contributed by atoms with van der Waals surface area (Å²) in [6.07, 6.45) is 0. The smallest absolute Gasteiger partial charge is 0.179 e. The van der Waals surface area contributed by atoms with E-state index in [1.165, 1.54) is 86.9 Å². The summed E-state index contributed by atoms with van der Waals surface area (Å²) in [6.45, 7) is 4.74. The van der Waals surface area contributed by atoms with Crippen molar-refractivity contribution in [1.29, 1.82) is 0 Å². The lowest BCUT2D eigenvalue weighted by atomic mass is 9.73. The number of benzene rings is 10. The summed E-state index contributed by atoms with van der Waals surface area (Å²) >= 11 is 0. The van der Waals surface area contributed by atoms with Crippen molar-refractivity contribution in [1.82, 2.24) is 9.13 Å². The standard InChI is InChI=1S/C63H47N3Si/c1-63(2)54-33-17-21-37-58(54)65(59-38-22-18-34-55(59)63)46-41-45(42-50(43-46)67(47-25-9-4-10-26-47,48-27-11-5-12-28-48)49-29-13-6-14-30-49)64-57-36-20-16-32-53(57)61-60(64)40-39-52-51-31-15-19-35-56(51)66(62(52)61)44-23-7-3-8-24-44/h3-43H,1-2H3. The van der Waals surface area contributed by atoms with Crippen LogP contribution in [-0.2, 0) is 5.41 Å². The van der Waals surface area contributed by atoms with Gasteiger partial charge in [-0.25, -0.2) is 0 Å². The zero-order chi connectivity index (χ0) is 44.7. The Kier molecular flexibility index (Phi) is 8.89. The van der Waals surface area contributed by atoms with Gasteiger partial charge in [-0.15, -0.1) is 0 Å². The first-order chi connectivity index (χ1) is 33.0. The van der Waals surface area contributed by atoms with Crippen LogP contribution in [0.2, 0.25) is 0 Å². The quantitative estimate of drug-likeness (QED) is 0.115. The first kappa shape index (κ1) is 39.2. The van der Waals surface area contributed by atoms with Crippen molar-refractivity contribution >= 4 is 89.5 Å². The minimum absolute atomic E-state index is 0.198. The van der Waals surface area contributed by atoms with Crippen LogP contribution in [-0.4, -0.2) is 17.2 Å². The van der Waals surface area contributed by atoms with Gasteiger partial charge in [0.15, 0.2) is 8.07 Å². The zero-order valence-corrected chi connectivity index (χ0v) is 38.5. The molecule has 12 aromatic rings. The molecule has 0 saturated carbocycles. The Morgan fingerprint density at radius 1 is 0.328 bits per heavy atom. The fraction of sp³-hybridized carbons (Fsp3) is 0.0476. The maximum Gasteiger partial charge on any atom is 0.179 e. The summed E-state index contributed by atoms with van der Waals surface area (Å²) in [5, 5.41) is 10.3. The number of rotatable bonds is 7. The molecule has 0 radical (unpaired) electrons. The van der Waals surface area contributed by atoms with E-state index in [9.17, 15) is 0 Å². The lowest BCUT2D eigenvalue weighted by molar-refractivity contribution is 0.632. The molecule has 0 unspecified atom stereocenters. The third-order valence-electron chi connectivity index (χ3n) is 14.6. The summed E-state index contributed by atoms with van der Waals surface area (Å²) in [5.74, 6) is 0. The van der Waals surface area contributed by atoms with Gasteiger partial charge < -0.3 is 14.0 Å². The Morgan fingerprint density at radius 2 is 0.791 bits per heavy atom. The van der Waals surface area contributed by atoms with Gasteiger partial charge >= 0.3 is 0 Å². The van der Waals surface area contributed by atoms with Gasteiger partial charge in [-0.1, -0.05) is 202 Å². The maximum absolute atomic E-state index is 3.05. The van der Waals surface area contributed by atoms with Gasteiger partial charge in [-0.3, -0.25) is 0 Å². The highest BCUT2D eigenvalue weighted by Gasteiger charge is 2.43. The molecule has 10 aromatic carbocycles. The van der Waals surface area contributed by atoms with Crippen LogP contribution in [0.3, 0.4) is 0 Å². The highest BCUT2D eigenvalue weighted by molar-refractivity contribution is 7.20. The predicted octanol–water partition coefficient (Wildman–Crippen LogP) is 13.4. The summed E-state index contributed by atoms with van der Waals surface area (Å²) < 4.78 is 5.03. The van der Waals surface area contributed by atoms with Gasteiger partial charge in [-0.05, 0) is 92.5 Å². The molecule has 13 rings (SSSR count). The van der Waals surface area contributed by atoms with Crippen LogP contribution >= 0.6 is 0 Å². The summed E-state index contributed by atoms with van der Waals surface area (Å²) in [4.78, 5) is 2.54. The molecule has 1 aliphatic heterocycles. The van der Waals surface area contributed by atoms with Gasteiger partial charge in [0.1, 0.15) is 0 Å². The molecule has 4 heteroatoms. The molecule has 0 bridgehead atoms.